The molecule has 276 valence electrons. The zero-order chi connectivity index (χ0) is 36.7. The van der Waals surface area contributed by atoms with E-state index >= 15 is 0 Å². The van der Waals surface area contributed by atoms with Gasteiger partial charge in [-0.05, 0) is 48.2 Å². The van der Waals surface area contributed by atoms with E-state index in [2.05, 4.69) is 10.3 Å². The molecule has 2 aromatic carbocycles. The number of alkyl halides is 3. The minimum absolute atomic E-state index is 0.00798. The van der Waals surface area contributed by atoms with E-state index in [4.69, 9.17) is 4.74 Å². The van der Waals surface area contributed by atoms with Crippen LogP contribution in [0.15, 0.2) is 97.6 Å². The standard InChI is InChI=1S/C38H43F3N6O5/c39-38(40,41)25-43-37(51)32-23-45(20-27-12-14-46(21-27)29-9-6-13-42-19-29)15-16-47(32)22-30(48)18-28(17-26-7-2-1-3-8-26)36(50)44-35-31-10-4-5-11-34(31)52-24-33(35)49/h1-14,19,21,28,30,32-33,35,48-49H,15-18,20,22-25H2,(H,43,51)(H,44,50)/t28-,30+,32+,33-,35+/m1/s1. The Hall–Kier alpha value is -4.76. The summed E-state index contributed by atoms with van der Waals surface area (Å²) in [4.78, 5) is 35.0. The maximum Gasteiger partial charge on any atom is 0.405 e. The van der Waals surface area contributed by atoms with E-state index in [0.29, 0.717) is 37.4 Å². The number of aliphatic hydroxyl groups is 2. The van der Waals surface area contributed by atoms with Gasteiger partial charge < -0.3 is 30.2 Å². The summed E-state index contributed by atoms with van der Waals surface area (Å²) in [5, 5.41) is 27.2. The van der Waals surface area contributed by atoms with E-state index < -0.39 is 48.8 Å². The Morgan fingerprint density at radius 3 is 2.56 bits per heavy atom. The van der Waals surface area contributed by atoms with E-state index in [-0.39, 0.29) is 32.0 Å². The number of β-amino-alcohol motifs (C(OH)–C–C–N with tert-alkyl or cyclic N) is 1. The van der Waals surface area contributed by atoms with Gasteiger partial charge in [0.25, 0.3) is 0 Å². The Balaban J connectivity index is 1.15. The number of carbonyl (C=O) groups is 2. The zero-order valence-electron chi connectivity index (χ0n) is 28.5. The number of piperazine rings is 1. The van der Waals surface area contributed by atoms with Gasteiger partial charge in [0.2, 0.25) is 11.8 Å². The molecule has 1 fully saturated rings. The lowest BCUT2D eigenvalue weighted by atomic mass is 9.90. The Bertz CT molecular complexity index is 1780. The minimum Gasteiger partial charge on any atom is -0.490 e. The second kappa shape index (κ2) is 16.7. The summed E-state index contributed by atoms with van der Waals surface area (Å²) >= 11 is 0. The molecule has 0 radical (unpaired) electrons. The Morgan fingerprint density at radius 2 is 1.79 bits per heavy atom. The molecule has 2 aliphatic rings. The number of hydrogen-bond donors (Lipinski definition) is 4. The lowest BCUT2D eigenvalue weighted by Crippen LogP contribution is -2.60. The van der Waals surface area contributed by atoms with Crippen molar-refractivity contribution in [2.24, 2.45) is 5.92 Å². The molecule has 52 heavy (non-hydrogen) atoms. The summed E-state index contributed by atoms with van der Waals surface area (Å²) in [6.45, 7) is -0.0670. The van der Waals surface area contributed by atoms with Crippen LogP contribution in [0.1, 0.15) is 29.2 Å². The van der Waals surface area contributed by atoms with Gasteiger partial charge in [-0.2, -0.15) is 13.2 Å². The van der Waals surface area contributed by atoms with Crippen molar-refractivity contribution in [1.82, 2.24) is 30.0 Å². The minimum atomic E-state index is -4.58. The third-order valence-electron chi connectivity index (χ3n) is 9.49. The molecule has 0 spiro atoms. The smallest absolute Gasteiger partial charge is 0.405 e. The first-order valence-electron chi connectivity index (χ1n) is 17.3. The molecule has 0 saturated carbocycles. The fraction of sp³-hybridized carbons (Fsp3) is 0.395. The second-order valence-electron chi connectivity index (χ2n) is 13.4. The van der Waals surface area contributed by atoms with Crippen molar-refractivity contribution >= 4 is 11.8 Å². The molecule has 2 amide bonds. The summed E-state index contributed by atoms with van der Waals surface area (Å²) in [5.74, 6) is -1.31. The number of para-hydroxylation sites is 1. The van der Waals surface area contributed by atoms with Crippen molar-refractivity contribution in [3.05, 3.63) is 114 Å². The molecule has 1 saturated heterocycles. The first kappa shape index (κ1) is 37.0. The van der Waals surface area contributed by atoms with Gasteiger partial charge in [-0.25, -0.2) is 0 Å². The molecular formula is C38H43F3N6O5. The summed E-state index contributed by atoms with van der Waals surface area (Å²) in [6, 6.07) is 20.5. The van der Waals surface area contributed by atoms with E-state index in [9.17, 15) is 33.0 Å². The van der Waals surface area contributed by atoms with Crippen LogP contribution in [0.3, 0.4) is 0 Å². The van der Waals surface area contributed by atoms with Crippen molar-refractivity contribution in [2.75, 3.05) is 39.3 Å². The van der Waals surface area contributed by atoms with Gasteiger partial charge >= 0.3 is 6.18 Å². The molecule has 6 rings (SSSR count). The lowest BCUT2D eigenvalue weighted by molar-refractivity contribution is -0.143. The van der Waals surface area contributed by atoms with Gasteiger partial charge in [0.15, 0.2) is 0 Å². The molecule has 2 aromatic heterocycles. The van der Waals surface area contributed by atoms with Crippen LogP contribution in [0, 0.1) is 5.92 Å². The van der Waals surface area contributed by atoms with Crippen LogP contribution in [-0.4, -0.2) is 105 Å². The number of fused-ring (bicyclic) bond motifs is 1. The molecule has 4 aromatic rings. The predicted molar refractivity (Wildman–Crippen MR) is 186 cm³/mol. The highest BCUT2D eigenvalue weighted by atomic mass is 19.4. The van der Waals surface area contributed by atoms with Crippen molar-refractivity contribution in [3.8, 4) is 11.4 Å². The number of carbonyl (C=O) groups excluding carboxylic acids is 2. The molecule has 0 unspecified atom stereocenters. The van der Waals surface area contributed by atoms with Crippen molar-refractivity contribution in [1.29, 1.82) is 0 Å². The van der Waals surface area contributed by atoms with Crippen molar-refractivity contribution < 1.29 is 37.7 Å². The Morgan fingerprint density at radius 1 is 1.00 bits per heavy atom. The third kappa shape index (κ3) is 9.76. The first-order chi connectivity index (χ1) is 25.0. The molecule has 4 heterocycles. The van der Waals surface area contributed by atoms with E-state index in [1.165, 1.54) is 0 Å². The maximum atomic E-state index is 13.9. The topological polar surface area (TPSA) is 132 Å². The summed E-state index contributed by atoms with van der Waals surface area (Å²) in [7, 11) is 0. The molecule has 0 bridgehead atoms. The maximum absolute atomic E-state index is 13.9. The van der Waals surface area contributed by atoms with Crippen LogP contribution in [0.25, 0.3) is 5.69 Å². The number of pyridine rings is 1. The van der Waals surface area contributed by atoms with Crippen LogP contribution in [-0.2, 0) is 22.6 Å². The average molecular weight is 721 g/mol. The number of rotatable bonds is 13. The number of aliphatic hydroxyl groups excluding tert-OH is 2. The number of halogens is 3. The Labute approximate surface area is 300 Å². The van der Waals surface area contributed by atoms with Crippen LogP contribution >= 0.6 is 0 Å². The molecule has 0 aliphatic carbocycles. The highest BCUT2D eigenvalue weighted by Crippen LogP contribution is 2.32. The quantitative estimate of drug-likeness (QED) is 0.166. The number of aromatic nitrogens is 2. The largest absolute Gasteiger partial charge is 0.490 e. The molecule has 5 atom stereocenters. The summed E-state index contributed by atoms with van der Waals surface area (Å²) < 4.78 is 46.9. The number of nitrogens with zero attached hydrogens (tertiary/aromatic N) is 4. The van der Waals surface area contributed by atoms with Crippen LogP contribution in [0.5, 0.6) is 5.75 Å². The van der Waals surface area contributed by atoms with Gasteiger partial charge in [0.05, 0.1) is 24.0 Å². The fourth-order valence-electron chi connectivity index (χ4n) is 6.90. The van der Waals surface area contributed by atoms with Crippen LogP contribution in [0.2, 0.25) is 0 Å². The monoisotopic (exact) mass is 720 g/mol. The Kier molecular flexibility index (Phi) is 11.9. The lowest BCUT2D eigenvalue weighted by Gasteiger charge is -2.41. The summed E-state index contributed by atoms with van der Waals surface area (Å²) in [5.41, 5.74) is 3.36. The van der Waals surface area contributed by atoms with Crippen molar-refractivity contribution in [2.45, 2.75) is 49.9 Å². The van der Waals surface area contributed by atoms with Gasteiger partial charge in [0.1, 0.15) is 31.0 Å². The van der Waals surface area contributed by atoms with Gasteiger partial charge in [0, 0.05) is 62.8 Å². The van der Waals surface area contributed by atoms with Crippen LogP contribution in [0.4, 0.5) is 13.2 Å². The van der Waals surface area contributed by atoms with Gasteiger partial charge in [-0.1, -0.05) is 48.5 Å². The molecular weight excluding hydrogens is 677 g/mol. The number of hydrogen-bond acceptors (Lipinski definition) is 8. The van der Waals surface area contributed by atoms with Gasteiger partial charge in [-0.15, -0.1) is 0 Å². The van der Waals surface area contributed by atoms with Crippen LogP contribution < -0.4 is 15.4 Å². The number of amides is 2. The fourth-order valence-corrected chi connectivity index (χ4v) is 6.90. The molecule has 4 N–H and O–H groups in total. The average Bonchev–Trinajstić information content (AvgIpc) is 3.61. The second-order valence-corrected chi connectivity index (χ2v) is 13.4. The first-order valence-corrected chi connectivity index (χ1v) is 17.3. The van der Waals surface area contributed by atoms with E-state index in [1.807, 2.05) is 75.7 Å². The normalized spacial score (nSPS) is 20.7. The molecule has 11 nitrogen and oxygen atoms in total. The molecule has 2 aliphatic heterocycles. The van der Waals surface area contributed by atoms with Gasteiger partial charge in [-0.3, -0.25) is 24.4 Å². The van der Waals surface area contributed by atoms with Crippen molar-refractivity contribution in [3.63, 3.8) is 0 Å². The van der Waals surface area contributed by atoms with E-state index in [0.717, 1.165) is 16.8 Å². The van der Waals surface area contributed by atoms with E-state index in [1.54, 1.807) is 41.6 Å². The SMILES string of the molecule is O=C(N[C@H]1c2ccccc2OC[C@H]1O)[C@H](Cc1ccccc1)C[C@H](O)CN1CCN(Cc2ccn(-c3cccnc3)c2)C[C@H]1C(=O)NCC(F)(F)F. The number of nitrogens with one attached hydrogen (secondary N) is 2. The molecule has 14 heteroatoms. The third-order valence-corrected chi connectivity index (χ3v) is 9.49. The number of benzene rings is 2. The number of ether oxygens (including phenoxy) is 1. The zero-order valence-corrected chi connectivity index (χ0v) is 28.5. The highest BCUT2D eigenvalue weighted by Gasteiger charge is 2.37. The summed E-state index contributed by atoms with van der Waals surface area (Å²) in [6.07, 6.45) is 0.915. The predicted octanol–water partition coefficient (Wildman–Crippen LogP) is 3.26. The highest BCUT2D eigenvalue weighted by molar-refractivity contribution is 5.82.